The van der Waals surface area contributed by atoms with Crippen molar-refractivity contribution in [2.24, 2.45) is 0 Å². The second kappa shape index (κ2) is 8.56. The standard InChI is InChI=1S/C22H29N5O4/c1-22-13-16(14-8-7-9-15(12-14)29-2)27(17(22)10-5-6-11-18(28)26-22)19-23-20(30-3)25-21(24-19)31-4/h7-9,12,16-17H,5-6,10-11,13H2,1-4H3,(H,26,28)/t16-,17-,22-/m0/s1. The molecule has 2 aliphatic rings. The quantitative estimate of drug-likeness (QED) is 0.778. The van der Waals surface area contributed by atoms with Crippen LogP contribution in [0.1, 0.15) is 50.6 Å². The van der Waals surface area contributed by atoms with Crippen LogP contribution in [0.2, 0.25) is 0 Å². The number of benzene rings is 1. The molecule has 1 N–H and O–H groups in total. The molecule has 31 heavy (non-hydrogen) atoms. The number of nitrogens with one attached hydrogen (secondary N) is 1. The Labute approximate surface area is 182 Å². The van der Waals surface area contributed by atoms with E-state index in [0.717, 1.165) is 30.6 Å². The number of nitrogens with zero attached hydrogens (tertiary/aromatic N) is 4. The summed E-state index contributed by atoms with van der Waals surface area (Å²) in [5.41, 5.74) is 0.637. The minimum atomic E-state index is -0.432. The molecule has 1 aromatic carbocycles. The molecule has 3 heterocycles. The highest BCUT2D eigenvalue weighted by molar-refractivity contribution is 5.77. The number of fused-ring (bicyclic) bond motifs is 1. The van der Waals surface area contributed by atoms with Crippen molar-refractivity contribution in [3.05, 3.63) is 29.8 Å². The summed E-state index contributed by atoms with van der Waals surface area (Å²) < 4.78 is 16.1. The molecule has 1 amide bonds. The molecular formula is C22H29N5O4. The smallest absolute Gasteiger partial charge is 0.324 e. The van der Waals surface area contributed by atoms with Crippen LogP contribution in [0.5, 0.6) is 17.8 Å². The lowest BCUT2D eigenvalue weighted by atomic mass is 9.85. The van der Waals surface area contributed by atoms with E-state index in [1.54, 1.807) is 7.11 Å². The van der Waals surface area contributed by atoms with Crippen LogP contribution < -0.4 is 24.4 Å². The van der Waals surface area contributed by atoms with E-state index in [-0.39, 0.29) is 30.0 Å². The minimum Gasteiger partial charge on any atom is -0.497 e. The molecule has 0 saturated carbocycles. The summed E-state index contributed by atoms with van der Waals surface area (Å²) in [5.74, 6) is 1.34. The van der Waals surface area contributed by atoms with Gasteiger partial charge in [0.25, 0.3) is 0 Å². The molecule has 166 valence electrons. The number of anilines is 1. The minimum absolute atomic E-state index is 0.00441. The number of carbonyl (C=O) groups is 1. The van der Waals surface area contributed by atoms with Gasteiger partial charge in [0.05, 0.1) is 39.0 Å². The van der Waals surface area contributed by atoms with Crippen LogP contribution in [0, 0.1) is 0 Å². The average Bonchev–Trinajstić information content (AvgIpc) is 3.06. The molecular weight excluding hydrogens is 398 g/mol. The lowest BCUT2D eigenvalue weighted by molar-refractivity contribution is -0.123. The third-order valence-electron chi connectivity index (χ3n) is 6.24. The maximum absolute atomic E-state index is 12.5. The molecule has 0 unspecified atom stereocenters. The topological polar surface area (TPSA) is 98.7 Å². The predicted octanol–water partition coefficient (Wildman–Crippen LogP) is 2.67. The van der Waals surface area contributed by atoms with Gasteiger partial charge in [0.2, 0.25) is 11.9 Å². The summed E-state index contributed by atoms with van der Waals surface area (Å²) in [4.78, 5) is 28.0. The molecule has 2 fully saturated rings. The second-order valence-corrected chi connectivity index (χ2v) is 8.24. The number of ether oxygens (including phenoxy) is 3. The Morgan fingerprint density at radius 1 is 1.06 bits per heavy atom. The van der Waals surface area contributed by atoms with Crippen molar-refractivity contribution in [3.8, 4) is 17.8 Å². The molecule has 4 rings (SSSR count). The first-order valence-electron chi connectivity index (χ1n) is 10.5. The van der Waals surface area contributed by atoms with Crippen LogP contribution >= 0.6 is 0 Å². The molecule has 1 aromatic heterocycles. The van der Waals surface area contributed by atoms with E-state index < -0.39 is 5.54 Å². The van der Waals surface area contributed by atoms with Crippen LogP contribution in [0.25, 0.3) is 0 Å². The van der Waals surface area contributed by atoms with Gasteiger partial charge in [0.15, 0.2) is 0 Å². The van der Waals surface area contributed by atoms with E-state index >= 15 is 0 Å². The fraction of sp³-hybridized carbons (Fsp3) is 0.545. The number of carbonyl (C=O) groups excluding carboxylic acids is 1. The largest absolute Gasteiger partial charge is 0.497 e. The van der Waals surface area contributed by atoms with Gasteiger partial charge in [-0.3, -0.25) is 4.79 Å². The zero-order chi connectivity index (χ0) is 22.0. The first-order chi connectivity index (χ1) is 15.0. The lowest BCUT2D eigenvalue weighted by Gasteiger charge is -2.38. The Morgan fingerprint density at radius 2 is 1.81 bits per heavy atom. The van der Waals surface area contributed by atoms with E-state index in [4.69, 9.17) is 14.2 Å². The van der Waals surface area contributed by atoms with Crippen molar-refractivity contribution in [2.75, 3.05) is 26.2 Å². The third-order valence-corrected chi connectivity index (χ3v) is 6.24. The Hall–Kier alpha value is -3.10. The summed E-state index contributed by atoms with van der Waals surface area (Å²) >= 11 is 0. The van der Waals surface area contributed by atoms with Crippen molar-refractivity contribution in [1.29, 1.82) is 0 Å². The van der Waals surface area contributed by atoms with E-state index in [9.17, 15) is 4.79 Å². The maximum atomic E-state index is 12.5. The molecule has 9 heteroatoms. The lowest BCUT2D eigenvalue weighted by Crippen LogP contribution is -2.55. The Balaban J connectivity index is 1.85. The molecule has 3 atom stereocenters. The van der Waals surface area contributed by atoms with Crippen molar-refractivity contribution < 1.29 is 19.0 Å². The fourth-order valence-electron chi connectivity index (χ4n) is 4.79. The molecule has 0 bridgehead atoms. The van der Waals surface area contributed by atoms with E-state index in [1.807, 2.05) is 18.2 Å². The Bertz CT molecular complexity index is 933. The predicted molar refractivity (Wildman–Crippen MR) is 115 cm³/mol. The van der Waals surface area contributed by atoms with Gasteiger partial charge >= 0.3 is 12.0 Å². The molecule has 0 aliphatic carbocycles. The van der Waals surface area contributed by atoms with Crippen molar-refractivity contribution in [3.63, 3.8) is 0 Å². The number of hydrogen-bond acceptors (Lipinski definition) is 8. The van der Waals surface area contributed by atoms with Gasteiger partial charge in [-0.15, -0.1) is 4.98 Å². The summed E-state index contributed by atoms with van der Waals surface area (Å²) in [6.07, 6.45) is 3.99. The molecule has 9 nitrogen and oxygen atoms in total. The van der Waals surface area contributed by atoms with E-state index in [0.29, 0.717) is 18.8 Å². The number of aromatic nitrogens is 3. The molecule has 2 saturated heterocycles. The summed E-state index contributed by atoms with van der Waals surface area (Å²) in [6.45, 7) is 2.11. The van der Waals surface area contributed by atoms with Crippen molar-refractivity contribution >= 4 is 11.9 Å². The zero-order valence-electron chi connectivity index (χ0n) is 18.4. The maximum Gasteiger partial charge on any atom is 0.324 e. The van der Waals surface area contributed by atoms with Gasteiger partial charge in [0, 0.05) is 6.42 Å². The third kappa shape index (κ3) is 4.08. The Morgan fingerprint density at radius 3 is 2.48 bits per heavy atom. The fourth-order valence-corrected chi connectivity index (χ4v) is 4.79. The van der Waals surface area contributed by atoms with E-state index in [1.165, 1.54) is 14.2 Å². The van der Waals surface area contributed by atoms with Gasteiger partial charge < -0.3 is 24.4 Å². The molecule has 0 spiro atoms. The number of methoxy groups -OCH3 is 3. The van der Waals surface area contributed by atoms with Gasteiger partial charge in [-0.1, -0.05) is 18.6 Å². The monoisotopic (exact) mass is 427 g/mol. The zero-order valence-corrected chi connectivity index (χ0v) is 18.4. The summed E-state index contributed by atoms with van der Waals surface area (Å²) in [5, 5.41) is 3.30. The summed E-state index contributed by atoms with van der Waals surface area (Å²) in [7, 11) is 4.69. The van der Waals surface area contributed by atoms with Crippen LogP contribution in [-0.2, 0) is 4.79 Å². The normalized spacial score (nSPS) is 25.8. The second-order valence-electron chi connectivity index (χ2n) is 8.24. The van der Waals surface area contributed by atoms with Crippen LogP contribution in [-0.4, -0.2) is 53.8 Å². The van der Waals surface area contributed by atoms with Crippen LogP contribution in [0.3, 0.4) is 0 Å². The number of rotatable bonds is 5. The first kappa shape index (κ1) is 21.1. The highest BCUT2D eigenvalue weighted by atomic mass is 16.5. The van der Waals surface area contributed by atoms with Crippen molar-refractivity contribution in [2.45, 2.75) is 56.7 Å². The number of amides is 1. The van der Waals surface area contributed by atoms with Crippen molar-refractivity contribution in [1.82, 2.24) is 20.3 Å². The molecule has 0 radical (unpaired) electrons. The summed E-state index contributed by atoms with van der Waals surface area (Å²) in [6, 6.07) is 8.30. The van der Waals surface area contributed by atoms with E-state index in [2.05, 4.69) is 38.2 Å². The number of hydrogen-bond donors (Lipinski definition) is 1. The van der Waals surface area contributed by atoms with Crippen LogP contribution in [0.15, 0.2) is 24.3 Å². The molecule has 2 aromatic rings. The SMILES string of the molecule is COc1cccc([C@@H]2C[C@]3(C)NC(=O)CCCC[C@@H]3N2c2nc(OC)nc(OC)n2)c1. The Kier molecular flexibility index (Phi) is 5.84. The van der Waals surface area contributed by atoms with Gasteiger partial charge in [-0.25, -0.2) is 0 Å². The molecule has 2 aliphatic heterocycles. The highest BCUT2D eigenvalue weighted by Gasteiger charge is 2.52. The van der Waals surface area contributed by atoms with Gasteiger partial charge in [0.1, 0.15) is 5.75 Å². The highest BCUT2D eigenvalue weighted by Crippen LogP contribution is 2.47. The average molecular weight is 428 g/mol. The van der Waals surface area contributed by atoms with Crippen LogP contribution in [0.4, 0.5) is 5.95 Å². The van der Waals surface area contributed by atoms with Gasteiger partial charge in [-0.05, 0) is 43.9 Å². The van der Waals surface area contributed by atoms with Gasteiger partial charge in [-0.2, -0.15) is 9.97 Å². The first-order valence-corrected chi connectivity index (χ1v) is 10.5.